The van der Waals surface area contributed by atoms with Crippen molar-refractivity contribution < 1.29 is 0 Å². The number of thiophene rings is 1. The first-order valence-electron chi connectivity index (χ1n) is 9.76. The van der Waals surface area contributed by atoms with Crippen molar-refractivity contribution >= 4 is 27.4 Å². The summed E-state index contributed by atoms with van der Waals surface area (Å²) >= 11 is 1.64. The number of hydrogen-bond donors (Lipinski definition) is 1. The Hall–Kier alpha value is -3.64. The molecule has 1 N–H and O–H groups in total. The molecule has 4 aromatic heterocycles. The zero-order valence-electron chi connectivity index (χ0n) is 16.2. The monoisotopic (exact) mass is 409 g/mol. The molecule has 1 aromatic carbocycles. The van der Waals surface area contributed by atoms with Crippen molar-refractivity contribution in [3.05, 3.63) is 90.3 Å². The average molecular weight is 410 g/mol. The topological polar surface area (TPSA) is 63.6 Å². The molecule has 4 heterocycles. The number of nitrogens with zero attached hydrogens (tertiary/aromatic N) is 4. The van der Waals surface area contributed by atoms with Gasteiger partial charge in [0.25, 0.3) is 0 Å². The van der Waals surface area contributed by atoms with Gasteiger partial charge in [-0.25, -0.2) is 9.97 Å². The van der Waals surface area contributed by atoms with Crippen LogP contribution in [0, 0.1) is 0 Å². The Bertz CT molecular complexity index is 1250. The Balaban J connectivity index is 1.56. The van der Waals surface area contributed by atoms with Gasteiger partial charge in [-0.3, -0.25) is 9.97 Å². The Kier molecular flexibility index (Phi) is 5.14. The summed E-state index contributed by atoms with van der Waals surface area (Å²) in [5, 5.41) is 6.77. The maximum atomic E-state index is 4.89. The molecule has 5 nitrogen and oxygen atoms in total. The Morgan fingerprint density at radius 1 is 0.800 bits per heavy atom. The van der Waals surface area contributed by atoms with Gasteiger partial charge in [-0.2, -0.15) is 0 Å². The van der Waals surface area contributed by atoms with Crippen molar-refractivity contribution in [1.82, 2.24) is 19.9 Å². The number of rotatable bonds is 6. The maximum Gasteiger partial charge on any atom is 0.164 e. The van der Waals surface area contributed by atoms with Crippen LogP contribution in [0.3, 0.4) is 0 Å². The molecule has 6 heteroatoms. The molecule has 0 saturated heterocycles. The Morgan fingerprint density at radius 2 is 1.60 bits per heavy atom. The van der Waals surface area contributed by atoms with Crippen LogP contribution in [0.1, 0.15) is 5.56 Å². The molecular weight excluding hydrogens is 390 g/mol. The van der Waals surface area contributed by atoms with E-state index in [1.807, 2.05) is 30.5 Å². The third-order valence-corrected chi connectivity index (χ3v) is 5.74. The van der Waals surface area contributed by atoms with E-state index in [1.165, 1.54) is 5.56 Å². The normalized spacial score (nSPS) is 10.9. The van der Waals surface area contributed by atoms with Crippen LogP contribution in [0.25, 0.3) is 32.7 Å². The molecular formula is C24H19N5S. The first-order valence-corrected chi connectivity index (χ1v) is 10.6. The van der Waals surface area contributed by atoms with Gasteiger partial charge in [0.05, 0.1) is 5.39 Å². The van der Waals surface area contributed by atoms with Gasteiger partial charge in [0, 0.05) is 47.8 Å². The fourth-order valence-corrected chi connectivity index (χ4v) is 4.34. The lowest BCUT2D eigenvalue weighted by Gasteiger charge is -2.11. The molecule has 0 fully saturated rings. The number of pyridine rings is 2. The van der Waals surface area contributed by atoms with E-state index in [9.17, 15) is 0 Å². The molecule has 0 aliphatic heterocycles. The standard InChI is InChI=1S/C24H19N5S/c1-2-7-18(8-3-1)20-16-30-24-21(20)23(27-13-10-17-6-4-11-25-14-17)28-22(29-24)19-9-5-12-26-15-19/h1-9,11-12,14-16H,10,13H2,(H,27,28,29). The van der Waals surface area contributed by atoms with Gasteiger partial charge < -0.3 is 5.32 Å². The van der Waals surface area contributed by atoms with E-state index in [0.29, 0.717) is 5.82 Å². The minimum atomic E-state index is 0.681. The second kappa shape index (κ2) is 8.39. The lowest BCUT2D eigenvalue weighted by atomic mass is 10.1. The highest BCUT2D eigenvalue weighted by Crippen LogP contribution is 2.38. The number of hydrogen-bond acceptors (Lipinski definition) is 6. The first kappa shape index (κ1) is 18.4. The molecule has 0 amide bonds. The fraction of sp³-hybridized carbons (Fsp3) is 0.0833. The lowest BCUT2D eigenvalue weighted by Crippen LogP contribution is -2.08. The summed E-state index contributed by atoms with van der Waals surface area (Å²) in [4.78, 5) is 19.1. The molecule has 0 saturated carbocycles. The van der Waals surface area contributed by atoms with Crippen LogP contribution in [0.15, 0.2) is 84.8 Å². The third-order valence-electron chi connectivity index (χ3n) is 4.87. The molecule has 146 valence electrons. The molecule has 0 aliphatic rings. The smallest absolute Gasteiger partial charge is 0.164 e. The number of fused-ring (bicyclic) bond motifs is 1. The molecule has 0 unspecified atom stereocenters. The van der Waals surface area contributed by atoms with Gasteiger partial charge in [-0.05, 0) is 35.7 Å². The highest BCUT2D eigenvalue weighted by atomic mass is 32.1. The van der Waals surface area contributed by atoms with E-state index in [2.05, 4.69) is 51.0 Å². The zero-order valence-corrected chi connectivity index (χ0v) is 17.0. The van der Waals surface area contributed by atoms with E-state index in [-0.39, 0.29) is 0 Å². The minimum Gasteiger partial charge on any atom is -0.369 e. The number of anilines is 1. The fourth-order valence-electron chi connectivity index (χ4n) is 3.40. The summed E-state index contributed by atoms with van der Waals surface area (Å²) in [6.45, 7) is 0.758. The van der Waals surface area contributed by atoms with Crippen LogP contribution in [-0.4, -0.2) is 26.5 Å². The van der Waals surface area contributed by atoms with E-state index in [4.69, 9.17) is 9.97 Å². The van der Waals surface area contributed by atoms with Crippen LogP contribution in [0.5, 0.6) is 0 Å². The predicted molar refractivity (Wildman–Crippen MR) is 123 cm³/mol. The van der Waals surface area contributed by atoms with Crippen molar-refractivity contribution in [2.75, 3.05) is 11.9 Å². The van der Waals surface area contributed by atoms with Crippen molar-refractivity contribution in [3.63, 3.8) is 0 Å². The van der Waals surface area contributed by atoms with Gasteiger partial charge in [0.1, 0.15) is 10.6 Å². The van der Waals surface area contributed by atoms with Gasteiger partial charge in [-0.1, -0.05) is 36.4 Å². The predicted octanol–water partition coefficient (Wildman–Crippen LogP) is 5.47. The molecule has 5 rings (SSSR count). The second-order valence-corrected chi connectivity index (χ2v) is 7.73. The minimum absolute atomic E-state index is 0.681. The summed E-state index contributed by atoms with van der Waals surface area (Å²) in [7, 11) is 0. The van der Waals surface area contributed by atoms with Crippen LogP contribution in [0.2, 0.25) is 0 Å². The van der Waals surface area contributed by atoms with Gasteiger partial charge in [-0.15, -0.1) is 11.3 Å². The van der Waals surface area contributed by atoms with Crippen LogP contribution < -0.4 is 5.32 Å². The number of aromatic nitrogens is 4. The number of benzene rings is 1. The van der Waals surface area contributed by atoms with E-state index in [1.54, 1.807) is 29.9 Å². The summed E-state index contributed by atoms with van der Waals surface area (Å²) in [5.74, 6) is 1.53. The Labute approximate surface area is 178 Å². The van der Waals surface area contributed by atoms with Crippen LogP contribution in [0.4, 0.5) is 5.82 Å². The summed E-state index contributed by atoms with van der Waals surface area (Å²) in [5.41, 5.74) is 4.41. The molecule has 30 heavy (non-hydrogen) atoms. The molecule has 5 aromatic rings. The summed E-state index contributed by atoms with van der Waals surface area (Å²) < 4.78 is 0. The van der Waals surface area contributed by atoms with E-state index in [0.717, 1.165) is 45.7 Å². The van der Waals surface area contributed by atoms with E-state index < -0.39 is 0 Å². The highest BCUT2D eigenvalue weighted by Gasteiger charge is 2.16. The SMILES string of the molecule is c1ccc(-c2csc3nc(-c4cccnc4)nc(NCCc4cccnc4)c23)cc1. The van der Waals surface area contributed by atoms with Crippen molar-refractivity contribution in [2.24, 2.45) is 0 Å². The van der Waals surface area contributed by atoms with Crippen molar-refractivity contribution in [1.29, 1.82) is 0 Å². The maximum absolute atomic E-state index is 4.89. The average Bonchev–Trinajstić information content (AvgIpc) is 3.25. The second-order valence-electron chi connectivity index (χ2n) is 6.87. The van der Waals surface area contributed by atoms with Gasteiger partial charge in [0.15, 0.2) is 5.82 Å². The van der Waals surface area contributed by atoms with Gasteiger partial charge in [0.2, 0.25) is 0 Å². The van der Waals surface area contributed by atoms with Crippen LogP contribution in [-0.2, 0) is 6.42 Å². The lowest BCUT2D eigenvalue weighted by molar-refractivity contribution is 0.995. The van der Waals surface area contributed by atoms with E-state index >= 15 is 0 Å². The van der Waals surface area contributed by atoms with Crippen molar-refractivity contribution in [2.45, 2.75) is 6.42 Å². The summed E-state index contributed by atoms with van der Waals surface area (Å²) in [6, 6.07) is 18.3. The third kappa shape index (κ3) is 3.77. The quantitative estimate of drug-likeness (QED) is 0.403. The molecule has 0 spiro atoms. The highest BCUT2D eigenvalue weighted by molar-refractivity contribution is 7.17. The molecule has 0 aliphatic carbocycles. The molecule has 0 bridgehead atoms. The first-order chi connectivity index (χ1) is 14.9. The van der Waals surface area contributed by atoms with Crippen LogP contribution >= 0.6 is 11.3 Å². The number of nitrogens with one attached hydrogen (secondary N) is 1. The molecule has 0 atom stereocenters. The Morgan fingerprint density at radius 3 is 2.37 bits per heavy atom. The zero-order chi connectivity index (χ0) is 20.2. The van der Waals surface area contributed by atoms with Gasteiger partial charge >= 0.3 is 0 Å². The summed E-state index contributed by atoms with van der Waals surface area (Å²) in [6.07, 6.45) is 8.12. The molecule has 0 radical (unpaired) electrons. The van der Waals surface area contributed by atoms with Crippen molar-refractivity contribution in [3.8, 4) is 22.5 Å². The largest absolute Gasteiger partial charge is 0.369 e.